The third-order valence-corrected chi connectivity index (χ3v) is 7.89. The average Bonchev–Trinajstić information content (AvgIpc) is 3.47. The van der Waals surface area contributed by atoms with E-state index >= 15 is 0 Å². The van der Waals surface area contributed by atoms with Crippen LogP contribution in [0, 0.1) is 6.92 Å². The number of aryl methyl sites for hydroxylation is 1. The molecule has 9 nitrogen and oxygen atoms in total. The van der Waals surface area contributed by atoms with Crippen LogP contribution in [0.3, 0.4) is 0 Å². The lowest BCUT2D eigenvalue weighted by atomic mass is 10.4. The number of morpholine rings is 1. The molecular weight excluding hydrogens is 436 g/mol. The van der Waals surface area contributed by atoms with E-state index in [0.29, 0.717) is 36.1 Å². The van der Waals surface area contributed by atoms with Gasteiger partial charge >= 0.3 is 11.8 Å². The number of thiophene rings is 2. The molecule has 1 fully saturated rings. The molecule has 29 heavy (non-hydrogen) atoms. The van der Waals surface area contributed by atoms with E-state index in [4.69, 9.17) is 9.26 Å². The number of aromatic nitrogens is 2. The summed E-state index contributed by atoms with van der Waals surface area (Å²) in [6.07, 6.45) is 0. The number of hydrogen-bond acceptors (Lipinski definition) is 9. The number of nitrogens with zero attached hydrogens (tertiary/aromatic N) is 3. The summed E-state index contributed by atoms with van der Waals surface area (Å²) in [4.78, 5) is 20.4. The topological polar surface area (TPSA) is 115 Å². The molecule has 1 aliphatic heterocycles. The second-order valence-electron chi connectivity index (χ2n) is 6.26. The number of carbonyl (C=O) groups excluding carboxylic acids is 1. The summed E-state index contributed by atoms with van der Waals surface area (Å²) < 4.78 is 38.3. The fourth-order valence-corrected chi connectivity index (χ4v) is 6.07. The first-order chi connectivity index (χ1) is 13.9. The number of nitrogens with one attached hydrogen (secondary N) is 1. The Hall–Kier alpha value is -2.12. The van der Waals surface area contributed by atoms with Gasteiger partial charge in [0, 0.05) is 29.4 Å². The largest absolute Gasteiger partial charge is 0.378 e. The van der Waals surface area contributed by atoms with E-state index < -0.39 is 10.0 Å². The first kappa shape index (κ1) is 20.2. The van der Waals surface area contributed by atoms with Crippen LogP contribution in [0.25, 0.3) is 10.7 Å². The van der Waals surface area contributed by atoms with Crippen molar-refractivity contribution in [1.82, 2.24) is 19.8 Å². The van der Waals surface area contributed by atoms with Gasteiger partial charge in [0.05, 0.1) is 23.0 Å². The Morgan fingerprint density at radius 1 is 1.34 bits per heavy atom. The van der Waals surface area contributed by atoms with E-state index in [1.165, 1.54) is 28.7 Å². The normalized spacial score (nSPS) is 15.0. The number of hydrogen-bond donors (Lipinski definition) is 1. The molecule has 3 aromatic rings. The molecule has 1 aliphatic rings. The van der Waals surface area contributed by atoms with Crippen molar-refractivity contribution in [2.45, 2.75) is 18.4 Å². The third-order valence-electron chi connectivity index (χ3n) is 4.31. The van der Waals surface area contributed by atoms with E-state index in [9.17, 15) is 13.2 Å². The molecule has 0 aliphatic carbocycles. The SMILES string of the molecule is Cc1sc(-c2noc(C(=O)N3CCOCC3)n2)cc1S(=O)(=O)NCc1cccs1. The van der Waals surface area contributed by atoms with Gasteiger partial charge in [-0.05, 0) is 24.4 Å². The molecule has 0 spiro atoms. The average molecular weight is 455 g/mol. The van der Waals surface area contributed by atoms with Crippen molar-refractivity contribution in [1.29, 1.82) is 0 Å². The van der Waals surface area contributed by atoms with E-state index in [2.05, 4.69) is 14.9 Å². The molecule has 0 aromatic carbocycles. The second-order valence-corrected chi connectivity index (χ2v) is 10.3. The van der Waals surface area contributed by atoms with Crippen molar-refractivity contribution in [3.63, 3.8) is 0 Å². The van der Waals surface area contributed by atoms with Crippen molar-refractivity contribution in [2.75, 3.05) is 26.3 Å². The minimum Gasteiger partial charge on any atom is -0.378 e. The number of rotatable bonds is 6. The van der Waals surface area contributed by atoms with Gasteiger partial charge in [0.1, 0.15) is 0 Å². The van der Waals surface area contributed by atoms with Crippen molar-refractivity contribution in [3.8, 4) is 10.7 Å². The maximum Gasteiger partial charge on any atom is 0.316 e. The minimum absolute atomic E-state index is 0.117. The molecule has 0 radical (unpaired) electrons. The summed E-state index contributed by atoms with van der Waals surface area (Å²) in [5.74, 6) is -0.284. The second kappa shape index (κ2) is 8.32. The predicted molar refractivity (Wildman–Crippen MR) is 107 cm³/mol. The molecule has 1 amide bonds. The molecule has 0 atom stereocenters. The zero-order valence-corrected chi connectivity index (χ0v) is 17.9. The molecule has 4 heterocycles. The number of amides is 1. The van der Waals surface area contributed by atoms with Gasteiger partial charge in [-0.3, -0.25) is 4.79 Å². The Bertz CT molecular complexity index is 1100. The monoisotopic (exact) mass is 454 g/mol. The molecule has 4 rings (SSSR count). The molecular formula is C17H18N4O5S3. The summed E-state index contributed by atoms with van der Waals surface area (Å²) in [6.45, 7) is 3.81. The molecule has 0 bridgehead atoms. The van der Waals surface area contributed by atoms with Crippen LogP contribution in [-0.4, -0.2) is 55.7 Å². The van der Waals surface area contributed by atoms with Gasteiger partial charge in [-0.25, -0.2) is 13.1 Å². The lowest BCUT2D eigenvalue weighted by Gasteiger charge is -2.25. The minimum atomic E-state index is -3.69. The first-order valence-corrected chi connectivity index (χ1v) is 12.0. The Labute approximate surface area is 175 Å². The number of ether oxygens (including phenoxy) is 1. The molecule has 12 heteroatoms. The Balaban J connectivity index is 1.52. The van der Waals surface area contributed by atoms with Crippen LogP contribution in [0.15, 0.2) is 33.0 Å². The van der Waals surface area contributed by atoms with Crippen molar-refractivity contribution >= 4 is 38.6 Å². The Morgan fingerprint density at radius 3 is 2.86 bits per heavy atom. The predicted octanol–water partition coefficient (Wildman–Crippen LogP) is 2.12. The summed E-state index contributed by atoms with van der Waals surface area (Å²) in [7, 11) is -3.69. The van der Waals surface area contributed by atoms with Gasteiger partial charge in [0.2, 0.25) is 15.8 Å². The molecule has 1 saturated heterocycles. The van der Waals surface area contributed by atoms with Gasteiger partial charge in [-0.2, -0.15) is 4.98 Å². The van der Waals surface area contributed by atoms with Crippen LogP contribution < -0.4 is 4.72 Å². The highest BCUT2D eigenvalue weighted by Crippen LogP contribution is 2.32. The van der Waals surface area contributed by atoms with Crippen LogP contribution in [0.1, 0.15) is 20.4 Å². The highest BCUT2D eigenvalue weighted by Gasteiger charge is 2.26. The van der Waals surface area contributed by atoms with E-state index in [1.54, 1.807) is 11.8 Å². The smallest absolute Gasteiger partial charge is 0.316 e. The Kier molecular flexibility index (Phi) is 5.79. The highest BCUT2D eigenvalue weighted by atomic mass is 32.2. The molecule has 154 valence electrons. The van der Waals surface area contributed by atoms with Crippen molar-refractivity contribution in [2.24, 2.45) is 0 Å². The van der Waals surface area contributed by atoms with Gasteiger partial charge < -0.3 is 14.2 Å². The summed E-state index contributed by atoms with van der Waals surface area (Å²) >= 11 is 2.71. The maximum atomic E-state index is 12.7. The summed E-state index contributed by atoms with van der Waals surface area (Å²) in [5, 5.41) is 5.75. The van der Waals surface area contributed by atoms with E-state index in [-0.39, 0.29) is 29.1 Å². The molecule has 0 unspecified atom stereocenters. The first-order valence-electron chi connectivity index (χ1n) is 8.77. The van der Waals surface area contributed by atoms with Crippen LogP contribution in [0.2, 0.25) is 0 Å². The van der Waals surface area contributed by atoms with Gasteiger partial charge in [0.15, 0.2) is 0 Å². The standard InChI is InChI=1S/C17H18N4O5S3/c1-11-14(29(23,24)18-10-12-3-2-8-27-12)9-13(28-11)15-19-16(26-20-15)17(22)21-4-6-25-7-5-21/h2-3,8-9,18H,4-7,10H2,1H3. The summed E-state index contributed by atoms with van der Waals surface area (Å²) in [5.41, 5.74) is 0. The van der Waals surface area contributed by atoms with Crippen molar-refractivity contribution in [3.05, 3.63) is 39.2 Å². The van der Waals surface area contributed by atoms with Gasteiger partial charge in [-0.1, -0.05) is 11.2 Å². The van der Waals surface area contributed by atoms with E-state index in [1.807, 2.05) is 17.5 Å². The van der Waals surface area contributed by atoms with Gasteiger partial charge in [0.25, 0.3) is 0 Å². The number of carbonyl (C=O) groups is 1. The number of sulfonamides is 1. The van der Waals surface area contributed by atoms with Crippen LogP contribution in [0.4, 0.5) is 0 Å². The zero-order valence-electron chi connectivity index (χ0n) is 15.5. The quantitative estimate of drug-likeness (QED) is 0.607. The van der Waals surface area contributed by atoms with Crippen molar-refractivity contribution < 1.29 is 22.5 Å². The van der Waals surface area contributed by atoms with E-state index in [0.717, 1.165) is 4.88 Å². The molecule has 1 N–H and O–H groups in total. The van der Waals surface area contributed by atoms with Crippen LogP contribution >= 0.6 is 22.7 Å². The fraction of sp³-hybridized carbons (Fsp3) is 0.353. The zero-order chi connectivity index (χ0) is 20.4. The maximum absolute atomic E-state index is 12.7. The van der Waals surface area contributed by atoms with Gasteiger partial charge in [-0.15, -0.1) is 22.7 Å². The lowest BCUT2D eigenvalue weighted by molar-refractivity contribution is 0.0272. The highest BCUT2D eigenvalue weighted by molar-refractivity contribution is 7.89. The van der Waals surface area contributed by atoms with Crippen LogP contribution in [0.5, 0.6) is 0 Å². The van der Waals surface area contributed by atoms with Crippen LogP contribution in [-0.2, 0) is 21.3 Å². The fourth-order valence-electron chi connectivity index (χ4n) is 2.81. The molecule has 0 saturated carbocycles. The Morgan fingerprint density at radius 2 is 2.14 bits per heavy atom. The lowest BCUT2D eigenvalue weighted by Crippen LogP contribution is -2.40. The molecule has 3 aromatic heterocycles. The summed E-state index contributed by atoms with van der Waals surface area (Å²) in [6, 6.07) is 5.24. The third kappa shape index (κ3) is 4.41.